The van der Waals surface area contributed by atoms with E-state index >= 15 is 0 Å². The number of para-hydroxylation sites is 8. The molecule has 0 amide bonds. The minimum Gasteiger partial charge on any atom is -0.478 e. The Morgan fingerprint density at radius 3 is 1.28 bits per heavy atom. The molecule has 2 aliphatic heterocycles. The molecule has 0 unspecified atom stereocenters. The van der Waals surface area contributed by atoms with Crippen LogP contribution in [-0.4, -0.2) is 22.6 Å². The van der Waals surface area contributed by atoms with Gasteiger partial charge in [-0.3, -0.25) is 4.98 Å². The molecule has 0 bridgehead atoms. The summed E-state index contributed by atoms with van der Waals surface area (Å²) in [5, 5.41) is 17.7. The molecular formula is C68H54N12Pt2-6. The number of nitrogens with zero attached hydrogens (tertiary/aromatic N) is 12. The van der Waals surface area contributed by atoms with Crippen molar-refractivity contribution >= 4 is 86.9 Å². The van der Waals surface area contributed by atoms with Gasteiger partial charge in [-0.15, -0.1) is 24.7 Å². The Labute approximate surface area is 510 Å². The van der Waals surface area contributed by atoms with Crippen molar-refractivity contribution in [3.63, 3.8) is 0 Å². The number of nitriles is 1. The van der Waals surface area contributed by atoms with Gasteiger partial charge in [-0.2, -0.15) is 65.9 Å². The zero-order valence-corrected chi connectivity index (χ0v) is 49.8. The quantitative estimate of drug-likeness (QED) is 0.0760. The normalized spacial score (nSPS) is 11.6. The second kappa shape index (κ2) is 30.2. The van der Waals surface area contributed by atoms with Gasteiger partial charge in [-0.25, -0.2) is 9.83 Å². The van der Waals surface area contributed by atoms with Crippen LogP contribution in [0.1, 0.15) is 27.8 Å². The first-order chi connectivity index (χ1) is 39.3. The number of rotatable bonds is 10. The van der Waals surface area contributed by atoms with Gasteiger partial charge in [-0.1, -0.05) is 170 Å². The van der Waals surface area contributed by atoms with Gasteiger partial charge in [0.15, 0.2) is 0 Å². The van der Waals surface area contributed by atoms with Crippen molar-refractivity contribution in [3.8, 4) is 6.07 Å². The van der Waals surface area contributed by atoms with Gasteiger partial charge >= 0.3 is 0 Å². The molecule has 10 aromatic rings. The summed E-state index contributed by atoms with van der Waals surface area (Å²) in [5.41, 5.74) is 15.3. The van der Waals surface area contributed by atoms with Crippen molar-refractivity contribution in [1.29, 1.82) is 5.26 Å². The Bertz CT molecular complexity index is 3480. The summed E-state index contributed by atoms with van der Waals surface area (Å²) in [6.45, 7) is 19.7. The van der Waals surface area contributed by atoms with Gasteiger partial charge in [0.1, 0.15) is 17.7 Å². The summed E-state index contributed by atoms with van der Waals surface area (Å²) in [5.74, 6) is 1.60. The molecular weight excluding hydrogens is 1370 g/mol. The molecule has 0 saturated heterocycles. The second-order valence-corrected chi connectivity index (χ2v) is 18.1. The van der Waals surface area contributed by atoms with E-state index in [1.165, 1.54) is 22.3 Å². The number of pyridine rings is 2. The number of anilines is 8. The van der Waals surface area contributed by atoms with E-state index in [1.54, 1.807) is 25.1 Å². The fourth-order valence-electron chi connectivity index (χ4n) is 8.72. The Kier molecular flexibility index (Phi) is 22.2. The van der Waals surface area contributed by atoms with E-state index in [4.69, 9.17) is 6.57 Å². The molecule has 12 nitrogen and oxygen atoms in total. The fourth-order valence-corrected chi connectivity index (χ4v) is 8.72. The van der Waals surface area contributed by atoms with Gasteiger partial charge in [-0.05, 0) is 84.8 Å². The first-order valence-corrected chi connectivity index (χ1v) is 25.7. The van der Waals surface area contributed by atoms with E-state index in [0.717, 1.165) is 68.5 Å². The van der Waals surface area contributed by atoms with Crippen molar-refractivity contribution < 1.29 is 42.1 Å². The fraction of sp³-hybridized carbons (Fsp3) is 0.0588. The minimum atomic E-state index is 0. The standard InChI is InChI=1S/2C21H16N4.2C13H11N2.2Pt/c1-15-8-7-9-16(2)20(15)25-14-24(18-10-5-4-6-11-18)21-19(25)12-17(22-3)13-23-21;1-15-7-6-8-16(2)20(15)25-14-24(18-9-4-3-5-10-18)21-19(25)11-17(12-22)13-23-21;2*1-3-7-12(8-4-1)14-11-15-13-9-5-2-6-10-13;;/h4-10,12-14H,1-2H3;3-9,11,13-14H,1-2H3;2*1-11H;;/q2*-2;2*-1;;. The molecule has 0 radical (unpaired) electrons. The monoisotopic (exact) mass is 1430 g/mol. The topological polar surface area (TPSA) is 120 Å². The molecule has 0 spiro atoms. The van der Waals surface area contributed by atoms with E-state index in [-0.39, 0.29) is 42.1 Å². The first-order valence-electron chi connectivity index (χ1n) is 25.7. The molecule has 82 heavy (non-hydrogen) atoms. The molecule has 412 valence electrons. The first kappa shape index (κ1) is 60.2. The smallest absolute Gasteiger partial charge is 0.207 e. The van der Waals surface area contributed by atoms with Crippen LogP contribution in [0.4, 0.5) is 74.2 Å². The van der Waals surface area contributed by atoms with E-state index in [0.29, 0.717) is 11.3 Å². The molecule has 2 aromatic heterocycles. The number of aliphatic imine (C=N–C) groups is 2. The van der Waals surface area contributed by atoms with Crippen LogP contribution >= 0.6 is 0 Å². The maximum atomic E-state index is 9.28. The predicted molar refractivity (Wildman–Crippen MR) is 327 cm³/mol. The van der Waals surface area contributed by atoms with Crippen molar-refractivity contribution in [2.45, 2.75) is 27.7 Å². The molecule has 2 aliphatic rings. The average molecular weight is 1430 g/mol. The maximum Gasteiger partial charge on any atom is 0.207 e. The second-order valence-electron chi connectivity index (χ2n) is 18.1. The van der Waals surface area contributed by atoms with Crippen LogP contribution in [0.25, 0.3) is 15.5 Å². The zero-order chi connectivity index (χ0) is 55.5. The van der Waals surface area contributed by atoms with E-state index in [9.17, 15) is 5.26 Å². The number of aryl methyl sites for hydroxylation is 4. The van der Waals surface area contributed by atoms with Gasteiger partial charge in [0.05, 0.1) is 17.8 Å². The van der Waals surface area contributed by atoms with Crippen LogP contribution in [-0.2, 0) is 42.1 Å². The molecule has 12 rings (SSSR count). The summed E-state index contributed by atoms with van der Waals surface area (Å²) in [4.78, 5) is 29.3. The third-order valence-electron chi connectivity index (χ3n) is 12.5. The Hall–Kier alpha value is -9.44. The molecule has 0 fully saturated rings. The molecule has 0 N–H and O–H groups in total. The van der Waals surface area contributed by atoms with Gasteiger partial charge < -0.3 is 40.2 Å². The number of benzene rings is 8. The Balaban J connectivity index is 0.000000161. The number of fused-ring (bicyclic) bond motifs is 2. The van der Waals surface area contributed by atoms with Crippen molar-refractivity contribution in [2.24, 2.45) is 9.98 Å². The van der Waals surface area contributed by atoms with Gasteiger partial charge in [0, 0.05) is 71.6 Å². The molecule has 14 heteroatoms. The number of hydrogen-bond acceptors (Lipinski definition) is 9. The number of hydrogen-bond donors (Lipinski definition) is 0. The Morgan fingerprint density at radius 1 is 0.500 bits per heavy atom. The average Bonchev–Trinajstić information content (AvgIpc) is 4.11. The molecule has 4 heterocycles. The van der Waals surface area contributed by atoms with Crippen molar-refractivity contribution in [3.05, 3.63) is 306 Å². The SMILES string of the molecule is C(=Nc1ccccc1)[N-]c1ccccc1.C(=Nc1ccccc1)[N-]c1ccccc1.Cc1cccc(C)c1N1[CH-]N(c2[c-]cccc2)c2ncc(C#N)cc21.[C-]#[N+]c1cnc2c(c1)N(c1c(C)cccc1C)[CH-]N2c1[c-]cccc1.[Pt].[Pt]. The summed E-state index contributed by atoms with van der Waals surface area (Å²) in [7, 11) is 0. The van der Waals surface area contributed by atoms with Gasteiger partial charge in [0.25, 0.3) is 0 Å². The maximum absolute atomic E-state index is 9.28. The van der Waals surface area contributed by atoms with Gasteiger partial charge in [0.2, 0.25) is 5.69 Å². The summed E-state index contributed by atoms with van der Waals surface area (Å²) in [6, 6.07) is 79.6. The molecule has 0 atom stereocenters. The number of aromatic nitrogens is 2. The molecule has 0 saturated carbocycles. The van der Waals surface area contributed by atoms with Crippen molar-refractivity contribution in [1.82, 2.24) is 9.97 Å². The van der Waals surface area contributed by atoms with Crippen LogP contribution < -0.4 is 19.6 Å². The predicted octanol–water partition coefficient (Wildman–Crippen LogP) is 18.3. The van der Waals surface area contributed by atoms with Crippen LogP contribution in [0.15, 0.2) is 241 Å². The van der Waals surface area contributed by atoms with E-state index < -0.39 is 0 Å². The van der Waals surface area contributed by atoms with Crippen LogP contribution in [0.3, 0.4) is 0 Å². The van der Waals surface area contributed by atoms with E-state index in [1.807, 2.05) is 205 Å². The van der Waals surface area contributed by atoms with E-state index in [2.05, 4.69) is 128 Å². The van der Waals surface area contributed by atoms with Crippen LogP contribution in [0.2, 0.25) is 0 Å². The van der Waals surface area contributed by atoms with Crippen molar-refractivity contribution in [2.75, 3.05) is 19.6 Å². The third kappa shape index (κ3) is 15.5. The van der Waals surface area contributed by atoms with Crippen LogP contribution in [0.5, 0.6) is 0 Å². The minimum absolute atomic E-state index is 0. The summed E-state index contributed by atoms with van der Waals surface area (Å²) >= 11 is 0. The molecule has 0 aliphatic carbocycles. The largest absolute Gasteiger partial charge is 0.478 e. The summed E-state index contributed by atoms with van der Waals surface area (Å²) < 4.78 is 0. The zero-order valence-electron chi connectivity index (χ0n) is 45.2. The third-order valence-corrected chi connectivity index (χ3v) is 12.5. The molecule has 8 aromatic carbocycles. The summed E-state index contributed by atoms with van der Waals surface area (Å²) in [6.07, 6.45) is 6.37. The van der Waals surface area contributed by atoms with Crippen LogP contribution in [0, 0.1) is 71.1 Å². The Morgan fingerprint density at radius 2 is 0.890 bits per heavy atom.